The van der Waals surface area contributed by atoms with Gasteiger partial charge >= 0.3 is 0 Å². The third kappa shape index (κ3) is 4.26. The van der Waals surface area contributed by atoms with Gasteiger partial charge in [-0.15, -0.1) is 0 Å². The van der Waals surface area contributed by atoms with Crippen LogP contribution in [-0.2, 0) is 5.41 Å². The van der Waals surface area contributed by atoms with Crippen molar-refractivity contribution in [1.29, 1.82) is 0 Å². The van der Waals surface area contributed by atoms with Crippen molar-refractivity contribution < 1.29 is 4.42 Å². The zero-order valence-corrected chi connectivity index (χ0v) is 32.7. The standard InChI is InChI=1S/C56H32N4O/c1-3-14-34(15-4-1)53-57-54(35-16-5-2-6-17-35)59-55(58-53)39-21-12-27-48-50(39)40-32-36(29-31-47(40)61-48)60-45-26-13-25-44-51(45)52-46(60)30-28-33-18-11-24-43(49(33)52)56(44)41-22-9-7-19-37(41)38-20-8-10-23-42(38)56/h1-32H. The van der Waals surface area contributed by atoms with Crippen molar-refractivity contribution in [1.82, 2.24) is 19.5 Å². The quantitative estimate of drug-likeness (QED) is 0.179. The Kier molecular flexibility index (Phi) is 6.43. The lowest BCUT2D eigenvalue weighted by atomic mass is 9.63. The molecule has 3 heterocycles. The molecule has 61 heavy (non-hydrogen) atoms. The highest BCUT2D eigenvalue weighted by molar-refractivity contribution is 6.26. The van der Waals surface area contributed by atoms with Crippen LogP contribution in [-0.4, -0.2) is 19.5 Å². The fourth-order valence-electron chi connectivity index (χ4n) is 10.9. The fraction of sp³-hybridized carbons (Fsp3) is 0.0179. The van der Waals surface area contributed by atoms with Crippen LogP contribution >= 0.6 is 0 Å². The third-order valence-electron chi connectivity index (χ3n) is 13.2. The Morgan fingerprint density at radius 2 is 0.951 bits per heavy atom. The largest absolute Gasteiger partial charge is 0.456 e. The molecule has 1 spiro atoms. The summed E-state index contributed by atoms with van der Waals surface area (Å²) in [6.07, 6.45) is 0. The number of nitrogens with zero attached hydrogens (tertiary/aromatic N) is 4. The molecule has 0 unspecified atom stereocenters. The summed E-state index contributed by atoms with van der Waals surface area (Å²) in [4.78, 5) is 15.2. The molecule has 12 aromatic rings. The second kappa shape index (κ2) is 12.0. The molecule has 282 valence electrons. The number of aromatic nitrogens is 4. The third-order valence-corrected chi connectivity index (χ3v) is 13.2. The van der Waals surface area contributed by atoms with Gasteiger partial charge in [0.05, 0.1) is 16.4 Å². The van der Waals surface area contributed by atoms with E-state index in [0.717, 1.165) is 44.3 Å². The highest BCUT2D eigenvalue weighted by atomic mass is 16.3. The lowest BCUT2D eigenvalue weighted by molar-refractivity contribution is 0.669. The van der Waals surface area contributed by atoms with Crippen molar-refractivity contribution in [2.24, 2.45) is 0 Å². The van der Waals surface area contributed by atoms with E-state index in [9.17, 15) is 0 Å². The van der Waals surface area contributed by atoms with Gasteiger partial charge in [-0.1, -0.05) is 158 Å². The second-order valence-corrected chi connectivity index (χ2v) is 16.2. The van der Waals surface area contributed by atoms with Gasteiger partial charge in [0.1, 0.15) is 11.2 Å². The zero-order valence-electron chi connectivity index (χ0n) is 32.7. The van der Waals surface area contributed by atoms with Gasteiger partial charge in [-0.2, -0.15) is 0 Å². The molecule has 0 radical (unpaired) electrons. The first-order chi connectivity index (χ1) is 30.3. The summed E-state index contributed by atoms with van der Waals surface area (Å²) in [7, 11) is 0. The highest BCUT2D eigenvalue weighted by Crippen LogP contribution is 2.62. The average Bonchev–Trinajstić information content (AvgIpc) is 3.98. The Balaban J connectivity index is 1.04. The predicted molar refractivity (Wildman–Crippen MR) is 246 cm³/mol. The Bertz CT molecular complexity index is 3720. The van der Waals surface area contributed by atoms with Gasteiger partial charge in [-0.25, -0.2) is 15.0 Å². The van der Waals surface area contributed by atoms with E-state index < -0.39 is 5.41 Å². The second-order valence-electron chi connectivity index (χ2n) is 16.2. The molecular weight excluding hydrogens is 745 g/mol. The Labute approximate surface area is 349 Å². The van der Waals surface area contributed by atoms with E-state index in [4.69, 9.17) is 19.4 Å². The van der Waals surface area contributed by atoms with Crippen LogP contribution in [0.15, 0.2) is 199 Å². The van der Waals surface area contributed by atoms with Crippen LogP contribution in [0, 0.1) is 0 Å². The Morgan fingerprint density at radius 1 is 0.377 bits per heavy atom. The van der Waals surface area contributed by atoms with Crippen molar-refractivity contribution in [3.05, 3.63) is 216 Å². The summed E-state index contributed by atoms with van der Waals surface area (Å²) < 4.78 is 9.09. The molecule has 0 atom stereocenters. The van der Waals surface area contributed by atoms with Crippen LogP contribution < -0.4 is 0 Å². The van der Waals surface area contributed by atoms with Gasteiger partial charge in [0.25, 0.3) is 0 Å². The molecule has 0 aliphatic heterocycles. The lowest BCUT2D eigenvalue weighted by Gasteiger charge is -2.37. The average molecular weight is 777 g/mol. The van der Waals surface area contributed by atoms with E-state index >= 15 is 0 Å². The van der Waals surface area contributed by atoms with E-state index in [1.807, 2.05) is 72.8 Å². The smallest absolute Gasteiger partial charge is 0.164 e. The molecule has 2 aliphatic rings. The van der Waals surface area contributed by atoms with Crippen molar-refractivity contribution in [2.45, 2.75) is 5.41 Å². The van der Waals surface area contributed by atoms with Crippen LogP contribution in [0.25, 0.3) is 105 Å². The van der Waals surface area contributed by atoms with E-state index in [0.29, 0.717) is 17.5 Å². The summed E-state index contributed by atoms with van der Waals surface area (Å²) in [5, 5.41) is 7.16. The van der Waals surface area contributed by atoms with Gasteiger partial charge in [-0.3, -0.25) is 0 Å². The van der Waals surface area contributed by atoms with Gasteiger partial charge in [0.2, 0.25) is 0 Å². The molecule has 0 amide bonds. The zero-order chi connectivity index (χ0) is 39.8. The number of hydrogen-bond donors (Lipinski definition) is 0. The maximum atomic E-state index is 6.63. The maximum absolute atomic E-state index is 6.63. The molecule has 0 N–H and O–H groups in total. The summed E-state index contributed by atoms with van der Waals surface area (Å²) in [6.45, 7) is 0. The predicted octanol–water partition coefficient (Wildman–Crippen LogP) is 13.7. The first kappa shape index (κ1) is 32.8. The highest BCUT2D eigenvalue weighted by Gasteiger charge is 2.50. The summed E-state index contributed by atoms with van der Waals surface area (Å²) >= 11 is 0. The first-order valence-corrected chi connectivity index (χ1v) is 20.8. The molecule has 14 rings (SSSR count). The minimum atomic E-state index is -0.457. The molecule has 3 aromatic heterocycles. The van der Waals surface area contributed by atoms with Gasteiger partial charge in [-0.05, 0) is 80.6 Å². The molecule has 0 bridgehead atoms. The molecule has 2 aliphatic carbocycles. The monoisotopic (exact) mass is 776 g/mol. The normalized spacial score (nSPS) is 13.4. The van der Waals surface area contributed by atoms with Crippen molar-refractivity contribution in [2.75, 3.05) is 0 Å². The van der Waals surface area contributed by atoms with Crippen LogP contribution in [0.1, 0.15) is 22.3 Å². The number of hydrogen-bond acceptors (Lipinski definition) is 4. The number of rotatable bonds is 4. The SMILES string of the molecule is c1ccc(-c2nc(-c3ccccc3)nc(-c3cccc4oc5ccc(-n6c7cccc8c7c7c9c(cccc9ccc76)C86c7ccccc7-c7ccccc76)cc5c34)n2)cc1. The first-order valence-electron chi connectivity index (χ1n) is 20.8. The van der Waals surface area contributed by atoms with Gasteiger partial charge in [0, 0.05) is 43.9 Å². The molecule has 5 heteroatoms. The summed E-state index contributed by atoms with van der Waals surface area (Å²) in [5.74, 6) is 1.84. The van der Waals surface area contributed by atoms with Gasteiger partial charge < -0.3 is 8.98 Å². The summed E-state index contributed by atoms with van der Waals surface area (Å²) in [6, 6.07) is 69.5. The van der Waals surface area contributed by atoms with E-state index in [1.54, 1.807) is 0 Å². The van der Waals surface area contributed by atoms with Crippen molar-refractivity contribution >= 4 is 54.5 Å². The molecule has 0 saturated carbocycles. The van der Waals surface area contributed by atoms with Gasteiger partial charge in [0.15, 0.2) is 17.5 Å². The minimum absolute atomic E-state index is 0.457. The van der Waals surface area contributed by atoms with E-state index in [1.165, 1.54) is 66.0 Å². The van der Waals surface area contributed by atoms with E-state index in [-0.39, 0.29) is 0 Å². The van der Waals surface area contributed by atoms with Crippen LogP contribution in [0.5, 0.6) is 0 Å². The number of benzene rings is 9. The Hall–Kier alpha value is -8.15. The van der Waals surface area contributed by atoms with Crippen LogP contribution in [0.2, 0.25) is 0 Å². The molecule has 5 nitrogen and oxygen atoms in total. The number of furan rings is 1. The molecule has 0 saturated heterocycles. The van der Waals surface area contributed by atoms with Crippen LogP contribution in [0.3, 0.4) is 0 Å². The summed E-state index contributed by atoms with van der Waals surface area (Å²) in [5.41, 5.74) is 15.3. The molecular formula is C56H32N4O. The Morgan fingerprint density at radius 3 is 1.67 bits per heavy atom. The topological polar surface area (TPSA) is 56.7 Å². The molecule has 0 fully saturated rings. The van der Waals surface area contributed by atoms with Crippen LogP contribution in [0.4, 0.5) is 0 Å². The lowest BCUT2D eigenvalue weighted by Crippen LogP contribution is -2.30. The maximum Gasteiger partial charge on any atom is 0.164 e. The number of fused-ring (bicyclic) bond motifs is 10. The minimum Gasteiger partial charge on any atom is -0.456 e. The fourth-order valence-corrected chi connectivity index (χ4v) is 10.9. The van der Waals surface area contributed by atoms with Crippen molar-refractivity contribution in [3.8, 4) is 51.0 Å². The molecule has 9 aromatic carbocycles. The van der Waals surface area contributed by atoms with Crippen molar-refractivity contribution in [3.63, 3.8) is 0 Å². The van der Waals surface area contributed by atoms with E-state index in [2.05, 4.69) is 126 Å².